The lowest BCUT2D eigenvalue weighted by atomic mass is 9.72. The maximum Gasteiger partial charge on any atom is 0.222 e. The average Bonchev–Trinajstić information content (AvgIpc) is 3.18. The summed E-state index contributed by atoms with van der Waals surface area (Å²) in [6.07, 6.45) is 8.48. The topological polar surface area (TPSA) is 58.6 Å². The fourth-order valence-corrected chi connectivity index (χ4v) is 5.03. The van der Waals surface area contributed by atoms with E-state index in [-0.39, 0.29) is 11.5 Å². The summed E-state index contributed by atoms with van der Waals surface area (Å²) in [5.74, 6) is 2.36. The van der Waals surface area contributed by atoms with Crippen LogP contribution in [0.5, 0.6) is 0 Å². The van der Waals surface area contributed by atoms with Gasteiger partial charge in [0.1, 0.15) is 11.6 Å². The standard InChI is InChI=1S/C22H34N4O2/c1-3-5-19-23-17(2)14-20(24-19)25-11-9-22(10-12-25)8-7-21(27)26(16-22)15-18-6-4-13-28-18/h14,18H,3-13,15-16H2,1-2H3/t18-/m1/s1. The minimum absolute atomic E-state index is 0.250. The highest BCUT2D eigenvalue weighted by Crippen LogP contribution is 2.41. The van der Waals surface area contributed by atoms with Crippen LogP contribution in [0.1, 0.15) is 63.4 Å². The van der Waals surface area contributed by atoms with Gasteiger partial charge < -0.3 is 14.5 Å². The first-order valence-corrected chi connectivity index (χ1v) is 11.1. The second-order valence-corrected chi connectivity index (χ2v) is 8.93. The van der Waals surface area contributed by atoms with Crippen molar-refractivity contribution in [1.29, 1.82) is 0 Å². The number of nitrogens with zero attached hydrogens (tertiary/aromatic N) is 4. The molecule has 28 heavy (non-hydrogen) atoms. The van der Waals surface area contributed by atoms with E-state index in [0.717, 1.165) is 95.1 Å². The van der Waals surface area contributed by atoms with Gasteiger partial charge in [-0.15, -0.1) is 0 Å². The van der Waals surface area contributed by atoms with Crippen LogP contribution in [-0.4, -0.2) is 59.7 Å². The van der Waals surface area contributed by atoms with Crippen LogP contribution in [0.15, 0.2) is 6.07 Å². The minimum atomic E-state index is 0.250. The molecule has 0 radical (unpaired) electrons. The molecule has 6 nitrogen and oxygen atoms in total. The lowest BCUT2D eigenvalue weighted by Gasteiger charge is -2.48. The van der Waals surface area contributed by atoms with E-state index in [0.29, 0.717) is 12.3 Å². The van der Waals surface area contributed by atoms with Crippen molar-refractivity contribution in [2.75, 3.05) is 37.7 Å². The van der Waals surface area contributed by atoms with Gasteiger partial charge >= 0.3 is 0 Å². The summed E-state index contributed by atoms with van der Waals surface area (Å²) in [6.45, 7) is 8.81. The Morgan fingerprint density at radius 3 is 2.79 bits per heavy atom. The van der Waals surface area contributed by atoms with Crippen molar-refractivity contribution < 1.29 is 9.53 Å². The molecule has 6 heteroatoms. The van der Waals surface area contributed by atoms with Crippen molar-refractivity contribution in [3.8, 4) is 0 Å². The highest BCUT2D eigenvalue weighted by atomic mass is 16.5. The predicted molar refractivity (Wildman–Crippen MR) is 109 cm³/mol. The molecule has 3 fully saturated rings. The van der Waals surface area contributed by atoms with Crippen LogP contribution < -0.4 is 4.90 Å². The number of anilines is 1. The van der Waals surface area contributed by atoms with Gasteiger partial charge in [0.15, 0.2) is 0 Å². The number of aryl methyl sites for hydroxylation is 2. The smallest absolute Gasteiger partial charge is 0.222 e. The van der Waals surface area contributed by atoms with Gasteiger partial charge in [0, 0.05) is 57.4 Å². The van der Waals surface area contributed by atoms with E-state index in [9.17, 15) is 4.79 Å². The van der Waals surface area contributed by atoms with Gasteiger partial charge in [0.05, 0.1) is 6.10 Å². The Kier molecular flexibility index (Phi) is 5.85. The number of likely N-dealkylation sites (tertiary alicyclic amines) is 1. The zero-order valence-electron chi connectivity index (χ0n) is 17.5. The van der Waals surface area contributed by atoms with Crippen LogP contribution in [0, 0.1) is 12.3 Å². The first-order valence-electron chi connectivity index (χ1n) is 11.1. The molecule has 0 unspecified atom stereocenters. The van der Waals surface area contributed by atoms with Crippen molar-refractivity contribution in [1.82, 2.24) is 14.9 Å². The van der Waals surface area contributed by atoms with Gasteiger partial charge in [-0.1, -0.05) is 6.92 Å². The number of aromatic nitrogens is 2. The zero-order valence-corrected chi connectivity index (χ0v) is 17.5. The number of carbonyl (C=O) groups is 1. The molecule has 4 heterocycles. The summed E-state index contributed by atoms with van der Waals surface area (Å²) in [5, 5.41) is 0. The molecule has 1 atom stereocenters. The van der Waals surface area contributed by atoms with Crippen molar-refractivity contribution in [3.05, 3.63) is 17.6 Å². The van der Waals surface area contributed by atoms with Gasteiger partial charge in [-0.2, -0.15) is 0 Å². The molecule has 3 aliphatic heterocycles. The van der Waals surface area contributed by atoms with Crippen molar-refractivity contribution in [2.45, 2.75) is 71.3 Å². The fourth-order valence-electron chi connectivity index (χ4n) is 5.03. The second kappa shape index (κ2) is 8.36. The third kappa shape index (κ3) is 4.32. The Hall–Kier alpha value is -1.69. The molecule has 0 aromatic carbocycles. The Morgan fingerprint density at radius 1 is 1.25 bits per heavy atom. The molecule has 0 N–H and O–H groups in total. The Morgan fingerprint density at radius 2 is 2.07 bits per heavy atom. The Balaban J connectivity index is 1.39. The molecular weight excluding hydrogens is 352 g/mol. The molecule has 3 saturated heterocycles. The van der Waals surface area contributed by atoms with Crippen LogP contribution >= 0.6 is 0 Å². The molecule has 1 aromatic rings. The van der Waals surface area contributed by atoms with Crippen LogP contribution in [0.25, 0.3) is 0 Å². The van der Waals surface area contributed by atoms with Gasteiger partial charge in [0.2, 0.25) is 5.91 Å². The van der Waals surface area contributed by atoms with Crippen molar-refractivity contribution in [2.24, 2.45) is 5.41 Å². The quantitative estimate of drug-likeness (QED) is 0.778. The van der Waals surface area contributed by atoms with E-state index < -0.39 is 0 Å². The lowest BCUT2D eigenvalue weighted by molar-refractivity contribution is -0.140. The number of ether oxygens (including phenoxy) is 1. The average molecular weight is 387 g/mol. The molecular formula is C22H34N4O2. The molecule has 0 saturated carbocycles. The summed E-state index contributed by atoms with van der Waals surface area (Å²) in [7, 11) is 0. The molecule has 4 rings (SSSR count). The Labute approximate surface area is 168 Å². The highest BCUT2D eigenvalue weighted by molar-refractivity contribution is 5.77. The van der Waals surface area contributed by atoms with Crippen molar-refractivity contribution in [3.63, 3.8) is 0 Å². The molecule has 3 aliphatic rings. The Bertz CT molecular complexity index is 694. The SMILES string of the molecule is CCCc1nc(C)cc(N2CCC3(CCC(=O)N(C[C@H]4CCCO4)C3)CC2)n1. The molecule has 0 aliphatic carbocycles. The first kappa shape index (κ1) is 19.6. The zero-order chi connectivity index (χ0) is 19.6. The van der Waals surface area contributed by atoms with E-state index in [1.54, 1.807) is 0 Å². The molecule has 1 aromatic heterocycles. The molecule has 1 spiro atoms. The molecule has 1 amide bonds. The second-order valence-electron chi connectivity index (χ2n) is 8.93. The number of carbonyl (C=O) groups excluding carboxylic acids is 1. The van der Waals surface area contributed by atoms with E-state index in [2.05, 4.69) is 34.7 Å². The summed E-state index contributed by atoms with van der Waals surface area (Å²) in [6, 6.07) is 2.12. The highest BCUT2D eigenvalue weighted by Gasteiger charge is 2.41. The van der Waals surface area contributed by atoms with Gasteiger partial charge in [-0.25, -0.2) is 9.97 Å². The number of hydrogen-bond acceptors (Lipinski definition) is 5. The fraction of sp³-hybridized carbons (Fsp3) is 0.773. The first-order chi connectivity index (χ1) is 13.6. The number of hydrogen-bond donors (Lipinski definition) is 0. The van der Waals surface area contributed by atoms with Crippen molar-refractivity contribution >= 4 is 11.7 Å². The number of rotatable bonds is 5. The van der Waals surface area contributed by atoms with E-state index in [1.165, 1.54) is 0 Å². The summed E-state index contributed by atoms with van der Waals surface area (Å²) in [5.41, 5.74) is 1.33. The van der Waals surface area contributed by atoms with Gasteiger partial charge in [-0.3, -0.25) is 4.79 Å². The van der Waals surface area contributed by atoms with E-state index in [1.807, 2.05) is 0 Å². The van der Waals surface area contributed by atoms with E-state index in [4.69, 9.17) is 9.72 Å². The minimum Gasteiger partial charge on any atom is -0.376 e. The van der Waals surface area contributed by atoms with Crippen LogP contribution in [0.4, 0.5) is 5.82 Å². The third-order valence-corrected chi connectivity index (χ3v) is 6.70. The number of piperidine rings is 2. The monoisotopic (exact) mass is 386 g/mol. The van der Waals surface area contributed by atoms with E-state index >= 15 is 0 Å². The van der Waals surface area contributed by atoms with Crippen LogP contribution in [0.3, 0.4) is 0 Å². The maximum absolute atomic E-state index is 12.5. The lowest BCUT2D eigenvalue weighted by Crippen LogP contribution is -2.53. The summed E-state index contributed by atoms with van der Waals surface area (Å²) < 4.78 is 5.78. The normalized spacial score (nSPS) is 24.9. The predicted octanol–water partition coefficient (Wildman–Crippen LogP) is 3.13. The van der Waals surface area contributed by atoms with Gasteiger partial charge in [0.25, 0.3) is 0 Å². The maximum atomic E-state index is 12.5. The van der Waals surface area contributed by atoms with Crippen LogP contribution in [-0.2, 0) is 16.0 Å². The third-order valence-electron chi connectivity index (χ3n) is 6.70. The van der Waals surface area contributed by atoms with Gasteiger partial charge in [-0.05, 0) is 50.9 Å². The summed E-state index contributed by atoms with van der Waals surface area (Å²) in [4.78, 5) is 26.4. The largest absolute Gasteiger partial charge is 0.376 e. The molecule has 154 valence electrons. The van der Waals surface area contributed by atoms with Crippen LogP contribution in [0.2, 0.25) is 0 Å². The summed E-state index contributed by atoms with van der Waals surface area (Å²) >= 11 is 0. The number of amides is 1. The molecule has 0 bridgehead atoms.